The van der Waals surface area contributed by atoms with Gasteiger partial charge in [-0.2, -0.15) is 0 Å². The molecule has 2 nitrogen and oxygen atoms in total. The van der Waals surface area contributed by atoms with Gasteiger partial charge in [-0.25, -0.2) is 0 Å². The smallest absolute Gasteiger partial charge is 0.138 e. The molecule has 0 amide bonds. The monoisotopic (exact) mass is 223 g/mol. The van der Waals surface area contributed by atoms with Crippen molar-refractivity contribution in [2.24, 2.45) is 5.73 Å². The maximum absolute atomic E-state index is 5.36. The van der Waals surface area contributed by atoms with Crippen LogP contribution in [0.1, 0.15) is 25.3 Å². The molecule has 0 aromatic heterocycles. The molecule has 0 bridgehead atoms. The summed E-state index contributed by atoms with van der Waals surface area (Å²) in [6.45, 7) is 2.50. The van der Waals surface area contributed by atoms with Crippen LogP contribution in [0.2, 0.25) is 0 Å². The predicted molar refractivity (Wildman–Crippen MR) is 67.3 cm³/mol. The first-order chi connectivity index (χ1) is 7.22. The van der Waals surface area contributed by atoms with Crippen LogP contribution in [0, 0.1) is 0 Å². The van der Waals surface area contributed by atoms with E-state index in [-0.39, 0.29) is 0 Å². The fourth-order valence-corrected chi connectivity index (χ4v) is 1.35. The van der Waals surface area contributed by atoms with Crippen molar-refractivity contribution in [2.45, 2.75) is 26.2 Å². The molecule has 0 aliphatic carbocycles. The molecule has 0 atom stereocenters. The van der Waals surface area contributed by atoms with E-state index in [1.165, 1.54) is 18.4 Å². The summed E-state index contributed by atoms with van der Waals surface area (Å²) >= 11 is 4.73. The molecular formula is C12H17NOS. The number of aryl methyl sites for hydroxylation is 1. The maximum atomic E-state index is 5.36. The first-order valence-electron chi connectivity index (χ1n) is 5.22. The Morgan fingerprint density at radius 2 is 2.00 bits per heavy atom. The fourth-order valence-electron chi connectivity index (χ4n) is 1.29. The molecule has 0 fully saturated rings. The van der Waals surface area contributed by atoms with Crippen molar-refractivity contribution in [2.75, 3.05) is 6.61 Å². The maximum Gasteiger partial charge on any atom is 0.138 e. The van der Waals surface area contributed by atoms with E-state index in [0.717, 1.165) is 12.2 Å². The average Bonchev–Trinajstić information content (AvgIpc) is 2.25. The van der Waals surface area contributed by atoms with E-state index in [2.05, 4.69) is 19.1 Å². The van der Waals surface area contributed by atoms with Crippen LogP contribution in [0.15, 0.2) is 24.3 Å². The van der Waals surface area contributed by atoms with E-state index >= 15 is 0 Å². The van der Waals surface area contributed by atoms with Crippen LogP contribution in [0.4, 0.5) is 0 Å². The zero-order valence-electron chi connectivity index (χ0n) is 9.03. The molecule has 0 radical (unpaired) electrons. The van der Waals surface area contributed by atoms with E-state index in [1.807, 2.05) is 12.1 Å². The quantitative estimate of drug-likeness (QED) is 0.753. The molecule has 0 aliphatic heterocycles. The minimum Gasteiger partial charge on any atom is -0.487 e. The number of hydrogen-bond donors (Lipinski definition) is 1. The van der Waals surface area contributed by atoms with Gasteiger partial charge in [0.2, 0.25) is 0 Å². The van der Waals surface area contributed by atoms with E-state index in [0.29, 0.717) is 11.6 Å². The van der Waals surface area contributed by atoms with Crippen LogP contribution < -0.4 is 10.5 Å². The Bertz CT molecular complexity index is 308. The highest BCUT2D eigenvalue weighted by Gasteiger charge is 1.96. The van der Waals surface area contributed by atoms with Crippen LogP contribution in [0.3, 0.4) is 0 Å². The number of ether oxygens (including phenoxy) is 1. The minimum atomic E-state index is 0.309. The number of thiocarbonyl (C=S) groups is 1. The predicted octanol–water partition coefficient (Wildman–Crippen LogP) is 2.69. The lowest BCUT2D eigenvalue weighted by Gasteiger charge is -2.05. The van der Waals surface area contributed by atoms with Crippen LogP contribution in [-0.4, -0.2) is 11.6 Å². The second kappa shape index (κ2) is 6.40. The van der Waals surface area contributed by atoms with Gasteiger partial charge < -0.3 is 10.5 Å². The van der Waals surface area contributed by atoms with Gasteiger partial charge in [0.05, 0.1) is 0 Å². The molecule has 1 aromatic rings. The third-order valence-electron chi connectivity index (χ3n) is 2.12. The fraction of sp³-hybridized carbons (Fsp3) is 0.417. The van der Waals surface area contributed by atoms with Crippen molar-refractivity contribution >= 4 is 17.2 Å². The first-order valence-corrected chi connectivity index (χ1v) is 5.63. The van der Waals surface area contributed by atoms with E-state index in [4.69, 9.17) is 22.7 Å². The van der Waals surface area contributed by atoms with Crippen LogP contribution >= 0.6 is 12.2 Å². The third kappa shape index (κ3) is 4.79. The lowest BCUT2D eigenvalue weighted by atomic mass is 10.1. The Morgan fingerprint density at radius 1 is 1.33 bits per heavy atom. The lowest BCUT2D eigenvalue weighted by Crippen LogP contribution is -2.17. The topological polar surface area (TPSA) is 35.2 Å². The molecule has 0 aliphatic rings. The van der Waals surface area contributed by atoms with E-state index < -0.39 is 0 Å². The molecule has 1 rings (SSSR count). The SMILES string of the molecule is CCCCc1ccc(OCC(N)=S)cc1. The van der Waals surface area contributed by atoms with E-state index in [9.17, 15) is 0 Å². The van der Waals surface area contributed by atoms with Crippen LogP contribution in [-0.2, 0) is 6.42 Å². The molecule has 0 unspecified atom stereocenters. The van der Waals surface area contributed by atoms with Gasteiger partial charge in [-0.15, -0.1) is 0 Å². The van der Waals surface area contributed by atoms with Crippen molar-refractivity contribution in [3.05, 3.63) is 29.8 Å². The van der Waals surface area contributed by atoms with Gasteiger partial charge in [0.15, 0.2) is 0 Å². The molecular weight excluding hydrogens is 206 g/mol. The Hall–Kier alpha value is -1.09. The van der Waals surface area contributed by atoms with Crippen molar-refractivity contribution in [1.29, 1.82) is 0 Å². The van der Waals surface area contributed by atoms with Gasteiger partial charge in [0.1, 0.15) is 17.3 Å². The summed E-state index contributed by atoms with van der Waals surface area (Å²) < 4.78 is 5.36. The summed E-state index contributed by atoms with van der Waals surface area (Å²) in [7, 11) is 0. The van der Waals surface area contributed by atoms with Crippen molar-refractivity contribution < 1.29 is 4.74 Å². The second-order valence-corrected chi connectivity index (χ2v) is 4.03. The highest BCUT2D eigenvalue weighted by molar-refractivity contribution is 7.80. The molecule has 3 heteroatoms. The second-order valence-electron chi connectivity index (χ2n) is 3.50. The van der Waals surface area contributed by atoms with E-state index in [1.54, 1.807) is 0 Å². The first kappa shape index (κ1) is 12.0. The summed E-state index contributed by atoms with van der Waals surface area (Å²) in [4.78, 5) is 0.380. The zero-order valence-corrected chi connectivity index (χ0v) is 9.85. The molecule has 0 saturated heterocycles. The van der Waals surface area contributed by atoms with Gasteiger partial charge >= 0.3 is 0 Å². The van der Waals surface area contributed by atoms with Crippen LogP contribution in [0.25, 0.3) is 0 Å². The highest BCUT2D eigenvalue weighted by Crippen LogP contribution is 2.13. The van der Waals surface area contributed by atoms with Crippen LogP contribution in [0.5, 0.6) is 5.75 Å². The van der Waals surface area contributed by atoms with Gasteiger partial charge in [-0.1, -0.05) is 37.7 Å². The summed E-state index contributed by atoms with van der Waals surface area (Å²) in [5.74, 6) is 0.822. The third-order valence-corrected chi connectivity index (χ3v) is 2.24. The highest BCUT2D eigenvalue weighted by atomic mass is 32.1. The van der Waals surface area contributed by atoms with Gasteiger partial charge in [-0.3, -0.25) is 0 Å². The van der Waals surface area contributed by atoms with Crippen molar-refractivity contribution in [3.8, 4) is 5.75 Å². The van der Waals surface area contributed by atoms with Crippen molar-refractivity contribution in [3.63, 3.8) is 0 Å². The summed E-state index contributed by atoms with van der Waals surface area (Å²) in [6, 6.07) is 8.10. The molecule has 2 N–H and O–H groups in total. The number of nitrogens with two attached hydrogens (primary N) is 1. The standard InChI is InChI=1S/C12H17NOS/c1-2-3-4-10-5-7-11(8-6-10)14-9-12(13)15/h5-8H,2-4,9H2,1H3,(H2,13,15). The number of hydrogen-bond acceptors (Lipinski definition) is 2. The number of benzene rings is 1. The molecule has 0 spiro atoms. The molecule has 0 heterocycles. The van der Waals surface area contributed by atoms with Crippen molar-refractivity contribution in [1.82, 2.24) is 0 Å². The summed E-state index contributed by atoms with van der Waals surface area (Å²) in [5, 5.41) is 0. The lowest BCUT2D eigenvalue weighted by molar-refractivity contribution is 0.377. The minimum absolute atomic E-state index is 0.309. The summed E-state index contributed by atoms with van der Waals surface area (Å²) in [6.07, 6.45) is 3.58. The molecule has 82 valence electrons. The zero-order chi connectivity index (χ0) is 11.1. The molecule has 0 saturated carbocycles. The summed E-state index contributed by atoms with van der Waals surface area (Å²) in [5.41, 5.74) is 6.69. The Morgan fingerprint density at radius 3 is 2.53 bits per heavy atom. The Labute approximate surface area is 96.4 Å². The Balaban J connectivity index is 2.45. The van der Waals surface area contributed by atoms with Gasteiger partial charge in [0.25, 0.3) is 0 Å². The largest absolute Gasteiger partial charge is 0.487 e. The number of unbranched alkanes of at least 4 members (excludes halogenated alkanes) is 1. The molecule has 15 heavy (non-hydrogen) atoms. The molecule has 1 aromatic carbocycles. The number of rotatable bonds is 6. The average molecular weight is 223 g/mol. The normalized spacial score (nSPS) is 9.93. The Kier molecular flexibility index (Phi) is 5.12. The van der Waals surface area contributed by atoms with Gasteiger partial charge in [0, 0.05) is 0 Å². The van der Waals surface area contributed by atoms with Gasteiger partial charge in [-0.05, 0) is 30.5 Å².